The molecule has 9 heteroatoms. The van der Waals surface area contributed by atoms with Crippen LogP contribution in [-0.2, 0) is 11.9 Å². The highest BCUT2D eigenvalue weighted by atomic mass is 19.1. The first-order chi connectivity index (χ1) is 15.0. The van der Waals surface area contributed by atoms with Gasteiger partial charge in [0, 0.05) is 30.4 Å². The highest BCUT2D eigenvalue weighted by Crippen LogP contribution is 2.32. The minimum absolute atomic E-state index is 0.275. The molecule has 1 aromatic carbocycles. The van der Waals surface area contributed by atoms with Crippen molar-refractivity contribution in [3.63, 3.8) is 0 Å². The standard InChI is InChI=1S/C22H21FN6O2/c1-13-9-29(12-24-13)19-8-7-16(26-22(19)30-3)21-25-17(11-31-27-21)14-10-28(2)18-6-4-5-15(23)20(14)18/h4-10,12,17H,11H2,1-3H3,(H,25,27). The van der Waals surface area contributed by atoms with Gasteiger partial charge in [0.2, 0.25) is 5.88 Å². The average Bonchev–Trinajstić information content (AvgIpc) is 3.37. The number of aromatic nitrogens is 4. The Kier molecular flexibility index (Phi) is 4.67. The largest absolute Gasteiger partial charge is 0.479 e. The molecule has 1 unspecified atom stereocenters. The van der Waals surface area contributed by atoms with Gasteiger partial charge in [0.25, 0.3) is 0 Å². The van der Waals surface area contributed by atoms with Gasteiger partial charge in [-0.3, -0.25) is 9.83 Å². The summed E-state index contributed by atoms with van der Waals surface area (Å²) >= 11 is 0. The normalized spacial score (nSPS) is 16.3. The lowest BCUT2D eigenvalue weighted by Gasteiger charge is -2.22. The van der Waals surface area contributed by atoms with Crippen molar-refractivity contribution in [1.29, 1.82) is 0 Å². The van der Waals surface area contributed by atoms with E-state index in [2.05, 4.69) is 15.4 Å². The van der Waals surface area contributed by atoms with Crippen LogP contribution in [0.5, 0.6) is 5.88 Å². The Morgan fingerprint density at radius 2 is 2.10 bits per heavy atom. The lowest BCUT2D eigenvalue weighted by atomic mass is 10.1. The Hall–Kier alpha value is -3.72. The van der Waals surface area contributed by atoms with Gasteiger partial charge in [0.1, 0.15) is 29.8 Å². The molecule has 1 N–H and O–H groups in total. The van der Waals surface area contributed by atoms with Gasteiger partial charge in [-0.25, -0.2) is 19.8 Å². The van der Waals surface area contributed by atoms with E-state index in [0.29, 0.717) is 22.8 Å². The number of hydroxylamine groups is 1. The Morgan fingerprint density at radius 1 is 1.23 bits per heavy atom. The highest BCUT2D eigenvalue weighted by molar-refractivity contribution is 5.97. The number of aryl methyl sites for hydroxylation is 2. The molecule has 4 aromatic rings. The maximum Gasteiger partial charge on any atom is 0.238 e. The van der Waals surface area contributed by atoms with Crippen LogP contribution in [0.4, 0.5) is 4.39 Å². The number of hydrogen-bond donors (Lipinski definition) is 1. The molecule has 1 atom stereocenters. The van der Waals surface area contributed by atoms with Gasteiger partial charge in [-0.1, -0.05) is 6.07 Å². The van der Waals surface area contributed by atoms with Crippen LogP contribution in [0.2, 0.25) is 0 Å². The molecular weight excluding hydrogens is 399 g/mol. The van der Waals surface area contributed by atoms with E-state index >= 15 is 0 Å². The monoisotopic (exact) mass is 420 g/mol. The van der Waals surface area contributed by atoms with E-state index in [-0.39, 0.29) is 18.5 Å². The van der Waals surface area contributed by atoms with Crippen molar-refractivity contribution in [3.8, 4) is 11.6 Å². The van der Waals surface area contributed by atoms with Gasteiger partial charge in [-0.15, -0.1) is 0 Å². The zero-order chi connectivity index (χ0) is 21.5. The van der Waals surface area contributed by atoms with Crippen LogP contribution in [0.1, 0.15) is 23.0 Å². The van der Waals surface area contributed by atoms with E-state index < -0.39 is 0 Å². The summed E-state index contributed by atoms with van der Waals surface area (Å²) in [6.45, 7) is 2.19. The SMILES string of the molecule is COc1nc(C2=NC(c3cn(C)c4cccc(F)c34)CON2)ccc1-n1cnc(C)c1. The molecule has 3 aromatic heterocycles. The van der Waals surface area contributed by atoms with E-state index in [0.717, 1.165) is 22.5 Å². The smallest absolute Gasteiger partial charge is 0.238 e. The molecule has 5 rings (SSSR count). The second-order valence-corrected chi connectivity index (χ2v) is 7.38. The molecule has 1 aliphatic heterocycles. The number of pyridine rings is 1. The molecule has 0 radical (unpaired) electrons. The van der Waals surface area contributed by atoms with Crippen LogP contribution < -0.4 is 10.2 Å². The number of amidine groups is 1. The van der Waals surface area contributed by atoms with Gasteiger partial charge >= 0.3 is 0 Å². The molecule has 0 saturated heterocycles. The molecule has 158 valence electrons. The second kappa shape index (κ2) is 7.51. The van der Waals surface area contributed by atoms with Gasteiger partial charge in [-0.05, 0) is 31.2 Å². The number of nitrogens with one attached hydrogen (secondary N) is 1. The molecule has 1 aliphatic rings. The number of aliphatic imine (C=N–C) groups is 1. The highest BCUT2D eigenvalue weighted by Gasteiger charge is 2.24. The Labute approximate surface area is 177 Å². The summed E-state index contributed by atoms with van der Waals surface area (Å²) in [6, 6.07) is 8.38. The minimum Gasteiger partial charge on any atom is -0.479 e. The van der Waals surface area contributed by atoms with Gasteiger partial charge in [0.15, 0.2) is 5.84 Å². The molecule has 0 spiro atoms. The summed E-state index contributed by atoms with van der Waals surface area (Å²) in [4.78, 5) is 19.2. The fraction of sp³-hybridized carbons (Fsp3) is 0.227. The Bertz CT molecular complexity index is 1310. The molecule has 31 heavy (non-hydrogen) atoms. The van der Waals surface area contributed by atoms with E-state index in [1.807, 2.05) is 53.7 Å². The van der Waals surface area contributed by atoms with Crippen molar-refractivity contribution in [2.75, 3.05) is 13.7 Å². The number of methoxy groups -OCH3 is 1. The molecule has 0 fully saturated rings. The summed E-state index contributed by atoms with van der Waals surface area (Å²) in [5.74, 6) is 0.608. The van der Waals surface area contributed by atoms with Crippen molar-refractivity contribution < 1.29 is 14.0 Å². The third-order valence-electron chi connectivity index (χ3n) is 5.31. The Balaban J connectivity index is 1.54. The number of fused-ring (bicyclic) bond motifs is 1. The van der Waals surface area contributed by atoms with Crippen molar-refractivity contribution in [3.05, 3.63) is 71.8 Å². The van der Waals surface area contributed by atoms with E-state index in [4.69, 9.17) is 14.6 Å². The second-order valence-electron chi connectivity index (χ2n) is 7.38. The predicted octanol–water partition coefficient (Wildman–Crippen LogP) is 3.24. The van der Waals surface area contributed by atoms with Crippen molar-refractivity contribution in [2.24, 2.45) is 12.0 Å². The molecule has 0 saturated carbocycles. The zero-order valence-electron chi connectivity index (χ0n) is 17.3. The summed E-state index contributed by atoms with van der Waals surface area (Å²) in [5, 5.41) is 0.556. The van der Waals surface area contributed by atoms with Crippen LogP contribution in [0.15, 0.2) is 54.0 Å². The summed E-state index contributed by atoms with van der Waals surface area (Å²) in [5.41, 5.74) is 6.62. The van der Waals surface area contributed by atoms with Crippen molar-refractivity contribution in [1.82, 2.24) is 24.6 Å². The fourth-order valence-electron chi connectivity index (χ4n) is 3.84. The van der Waals surface area contributed by atoms with Crippen LogP contribution in [-0.4, -0.2) is 38.7 Å². The lowest BCUT2D eigenvalue weighted by molar-refractivity contribution is 0.0622. The maximum absolute atomic E-state index is 14.6. The number of rotatable bonds is 4. The minimum atomic E-state index is -0.374. The van der Waals surface area contributed by atoms with Gasteiger partial charge in [0.05, 0.1) is 24.6 Å². The topological polar surface area (TPSA) is 78.5 Å². The number of nitrogens with zero attached hydrogens (tertiary/aromatic N) is 5. The van der Waals surface area contributed by atoms with Crippen LogP contribution >= 0.6 is 0 Å². The van der Waals surface area contributed by atoms with Crippen LogP contribution in [0, 0.1) is 12.7 Å². The number of benzene rings is 1. The molecule has 4 heterocycles. The van der Waals surface area contributed by atoms with Crippen LogP contribution in [0.25, 0.3) is 16.6 Å². The number of imidazole rings is 1. The molecule has 8 nitrogen and oxygen atoms in total. The van der Waals surface area contributed by atoms with Gasteiger partial charge in [-0.2, -0.15) is 0 Å². The summed E-state index contributed by atoms with van der Waals surface area (Å²) in [6.07, 6.45) is 5.50. The predicted molar refractivity (Wildman–Crippen MR) is 114 cm³/mol. The molecule has 0 amide bonds. The molecular formula is C22H21FN6O2. The Morgan fingerprint density at radius 3 is 2.87 bits per heavy atom. The molecule has 0 aliphatic carbocycles. The third kappa shape index (κ3) is 3.32. The van der Waals surface area contributed by atoms with Gasteiger partial charge < -0.3 is 13.9 Å². The summed E-state index contributed by atoms with van der Waals surface area (Å²) in [7, 11) is 3.45. The summed E-state index contributed by atoms with van der Waals surface area (Å²) < 4.78 is 23.8. The first-order valence-corrected chi connectivity index (χ1v) is 9.80. The number of ether oxygens (including phenoxy) is 1. The van der Waals surface area contributed by atoms with Crippen LogP contribution in [0.3, 0.4) is 0 Å². The van der Waals surface area contributed by atoms with E-state index in [1.54, 1.807) is 19.5 Å². The molecule has 0 bridgehead atoms. The van der Waals surface area contributed by atoms with Crippen molar-refractivity contribution >= 4 is 16.7 Å². The average molecular weight is 420 g/mol. The quantitative estimate of drug-likeness (QED) is 0.548. The lowest BCUT2D eigenvalue weighted by Crippen LogP contribution is -2.33. The number of hydrogen-bond acceptors (Lipinski definition) is 6. The van der Waals surface area contributed by atoms with E-state index in [1.165, 1.54) is 6.07 Å². The van der Waals surface area contributed by atoms with E-state index in [9.17, 15) is 4.39 Å². The number of halogens is 1. The fourth-order valence-corrected chi connectivity index (χ4v) is 3.84. The first-order valence-electron chi connectivity index (χ1n) is 9.80. The zero-order valence-corrected chi connectivity index (χ0v) is 17.3. The third-order valence-corrected chi connectivity index (χ3v) is 5.31. The first kappa shape index (κ1) is 19.3. The van der Waals surface area contributed by atoms with Crippen molar-refractivity contribution in [2.45, 2.75) is 13.0 Å². The maximum atomic E-state index is 14.6.